The minimum atomic E-state index is -0.254. The molecule has 0 atom stereocenters. The molecule has 0 aliphatic carbocycles. The summed E-state index contributed by atoms with van der Waals surface area (Å²) in [4.78, 5) is 12.7. The third-order valence-electron chi connectivity index (χ3n) is 4.78. The summed E-state index contributed by atoms with van der Waals surface area (Å²) in [5, 5.41) is 0. The summed E-state index contributed by atoms with van der Waals surface area (Å²) in [6.45, 7) is 0. The lowest BCUT2D eigenvalue weighted by molar-refractivity contribution is 0.0600. The molecule has 2 aliphatic rings. The van der Waals surface area contributed by atoms with Crippen molar-refractivity contribution in [2.45, 2.75) is 55.1 Å². The number of carbonyl (C=O) groups excluding carboxylic acids is 1. The standard InChI is InChI=1S/C16H21BO2S/c1-19-16(18)12-8-10-15(11-9-12)20-17-13-4-2-5-14(17)7-3-6-13/h8-11,13-14H,2-7H2,1H3. The van der Waals surface area contributed by atoms with E-state index >= 15 is 0 Å². The first-order chi connectivity index (χ1) is 9.78. The summed E-state index contributed by atoms with van der Waals surface area (Å²) < 4.78 is 4.74. The van der Waals surface area contributed by atoms with Gasteiger partial charge in [-0.05, 0) is 29.2 Å². The van der Waals surface area contributed by atoms with Gasteiger partial charge in [0, 0.05) is 0 Å². The number of esters is 1. The van der Waals surface area contributed by atoms with E-state index < -0.39 is 0 Å². The number of rotatable bonds is 3. The van der Waals surface area contributed by atoms with Gasteiger partial charge in [-0.3, -0.25) is 0 Å². The van der Waals surface area contributed by atoms with E-state index in [2.05, 4.69) is 12.1 Å². The van der Waals surface area contributed by atoms with Crippen molar-refractivity contribution in [3.63, 3.8) is 0 Å². The van der Waals surface area contributed by atoms with Gasteiger partial charge in [-0.25, -0.2) is 4.79 Å². The Hall–Kier alpha value is -0.895. The molecule has 0 N–H and O–H groups in total. The van der Waals surface area contributed by atoms with Crippen molar-refractivity contribution >= 4 is 23.6 Å². The summed E-state index contributed by atoms with van der Waals surface area (Å²) in [6.07, 6.45) is 8.49. The Morgan fingerprint density at radius 2 is 1.65 bits per heavy atom. The summed E-state index contributed by atoms with van der Waals surface area (Å²) >= 11 is 2.03. The van der Waals surface area contributed by atoms with Crippen LogP contribution in [0.5, 0.6) is 0 Å². The van der Waals surface area contributed by atoms with Crippen LogP contribution in [0.4, 0.5) is 0 Å². The molecule has 0 saturated carbocycles. The lowest BCUT2D eigenvalue weighted by atomic mass is 9.42. The Balaban J connectivity index is 1.69. The average Bonchev–Trinajstić information content (AvgIpc) is 2.47. The normalized spacial score (nSPS) is 25.4. The van der Waals surface area contributed by atoms with Crippen molar-refractivity contribution in [1.82, 2.24) is 0 Å². The zero-order valence-electron chi connectivity index (χ0n) is 12.0. The molecule has 20 heavy (non-hydrogen) atoms. The number of hydrogen-bond acceptors (Lipinski definition) is 3. The first-order valence-corrected chi connectivity index (χ1v) is 8.51. The van der Waals surface area contributed by atoms with Crippen LogP contribution in [0.2, 0.25) is 11.6 Å². The Morgan fingerprint density at radius 1 is 1.10 bits per heavy atom. The minimum Gasteiger partial charge on any atom is -0.465 e. The van der Waals surface area contributed by atoms with E-state index in [1.165, 1.54) is 50.5 Å². The molecule has 0 aromatic heterocycles. The highest BCUT2D eigenvalue weighted by Gasteiger charge is 2.39. The van der Waals surface area contributed by atoms with E-state index in [0.29, 0.717) is 5.56 Å². The summed E-state index contributed by atoms with van der Waals surface area (Å²) in [5.74, 6) is 2.36. The molecule has 106 valence electrons. The van der Waals surface area contributed by atoms with Crippen LogP contribution in [-0.4, -0.2) is 19.1 Å². The fourth-order valence-corrected chi connectivity index (χ4v) is 5.29. The summed E-state index contributed by atoms with van der Waals surface area (Å²) in [5.41, 5.74) is 0.640. The lowest BCUT2D eigenvalue weighted by Crippen LogP contribution is -2.31. The highest BCUT2D eigenvalue weighted by atomic mass is 32.2. The molecule has 1 aromatic rings. The molecule has 2 fully saturated rings. The van der Waals surface area contributed by atoms with Crippen molar-refractivity contribution in [2.24, 2.45) is 0 Å². The summed E-state index contributed by atoms with van der Waals surface area (Å²) in [6, 6.07) is 7.90. The highest BCUT2D eigenvalue weighted by Crippen LogP contribution is 2.51. The number of benzene rings is 1. The Bertz CT molecular complexity index is 452. The van der Waals surface area contributed by atoms with Gasteiger partial charge >= 0.3 is 5.97 Å². The molecule has 4 heteroatoms. The van der Waals surface area contributed by atoms with Crippen LogP contribution >= 0.6 is 11.6 Å². The van der Waals surface area contributed by atoms with Gasteiger partial charge in [0.15, 0.2) is 0 Å². The lowest BCUT2D eigenvalue weighted by Gasteiger charge is -2.39. The molecule has 0 amide bonds. The van der Waals surface area contributed by atoms with Crippen molar-refractivity contribution in [3.05, 3.63) is 29.8 Å². The molecule has 2 nitrogen and oxygen atoms in total. The maximum Gasteiger partial charge on any atom is 0.337 e. The van der Waals surface area contributed by atoms with Crippen LogP contribution in [0, 0.1) is 0 Å². The van der Waals surface area contributed by atoms with Crippen LogP contribution in [0.3, 0.4) is 0 Å². The van der Waals surface area contributed by atoms with Gasteiger partial charge in [0.1, 0.15) is 0 Å². The van der Waals surface area contributed by atoms with E-state index in [4.69, 9.17) is 4.74 Å². The smallest absolute Gasteiger partial charge is 0.337 e. The van der Waals surface area contributed by atoms with Crippen LogP contribution in [-0.2, 0) is 4.74 Å². The van der Waals surface area contributed by atoms with E-state index in [1.807, 2.05) is 23.7 Å². The van der Waals surface area contributed by atoms with E-state index in [0.717, 1.165) is 17.6 Å². The van der Waals surface area contributed by atoms with E-state index in [1.54, 1.807) is 0 Å². The molecule has 2 bridgehead atoms. The Kier molecular flexibility index (Phi) is 4.40. The molecule has 3 rings (SSSR count). The van der Waals surface area contributed by atoms with Crippen LogP contribution in [0.1, 0.15) is 48.9 Å². The Morgan fingerprint density at radius 3 is 2.15 bits per heavy atom. The number of ether oxygens (including phenoxy) is 1. The van der Waals surface area contributed by atoms with Crippen molar-refractivity contribution < 1.29 is 9.53 Å². The number of methoxy groups -OCH3 is 1. The predicted octanol–water partition coefficient (Wildman–Crippen LogP) is 4.67. The molecule has 2 heterocycles. The third-order valence-corrected chi connectivity index (χ3v) is 6.36. The van der Waals surface area contributed by atoms with Gasteiger partial charge in [-0.2, -0.15) is 11.6 Å². The second kappa shape index (κ2) is 6.25. The van der Waals surface area contributed by atoms with Crippen LogP contribution in [0.25, 0.3) is 0 Å². The van der Waals surface area contributed by atoms with Crippen LogP contribution in [0.15, 0.2) is 29.2 Å². The second-order valence-corrected chi connectivity index (χ2v) is 7.23. The average molecular weight is 288 g/mol. The van der Waals surface area contributed by atoms with Crippen molar-refractivity contribution in [1.29, 1.82) is 0 Å². The minimum absolute atomic E-state index is 0.254. The monoisotopic (exact) mass is 288 g/mol. The van der Waals surface area contributed by atoms with Gasteiger partial charge in [0.05, 0.1) is 12.7 Å². The van der Waals surface area contributed by atoms with E-state index in [9.17, 15) is 4.79 Å². The predicted molar refractivity (Wildman–Crippen MR) is 84.6 cm³/mol. The van der Waals surface area contributed by atoms with Crippen LogP contribution < -0.4 is 0 Å². The number of carbonyl (C=O) groups is 1. The topological polar surface area (TPSA) is 26.3 Å². The van der Waals surface area contributed by atoms with E-state index in [-0.39, 0.29) is 5.97 Å². The fraction of sp³-hybridized carbons (Fsp3) is 0.562. The quantitative estimate of drug-likeness (QED) is 0.597. The third kappa shape index (κ3) is 2.90. The van der Waals surface area contributed by atoms with Crippen molar-refractivity contribution in [2.75, 3.05) is 7.11 Å². The zero-order valence-corrected chi connectivity index (χ0v) is 12.8. The molecule has 2 aliphatic heterocycles. The maximum absolute atomic E-state index is 11.4. The highest BCUT2D eigenvalue weighted by molar-refractivity contribution is 8.25. The first-order valence-electron chi connectivity index (χ1n) is 7.63. The molecular formula is C16H21BO2S. The first kappa shape index (κ1) is 14.1. The molecular weight excluding hydrogens is 267 g/mol. The second-order valence-electron chi connectivity index (χ2n) is 5.98. The molecule has 0 unspecified atom stereocenters. The molecule has 2 saturated heterocycles. The SMILES string of the molecule is COC(=O)c1ccc(SB2C3CCCC2CCC3)cc1. The molecule has 0 radical (unpaired) electrons. The largest absolute Gasteiger partial charge is 0.465 e. The number of fused-ring (bicyclic) bond motifs is 2. The fourth-order valence-electron chi connectivity index (χ4n) is 3.75. The van der Waals surface area contributed by atoms with Gasteiger partial charge < -0.3 is 4.74 Å². The Labute approximate surface area is 125 Å². The van der Waals surface area contributed by atoms with Crippen molar-refractivity contribution in [3.8, 4) is 0 Å². The molecule has 1 aromatic carbocycles. The number of hydrogen-bond donors (Lipinski definition) is 0. The zero-order chi connectivity index (χ0) is 13.9. The van der Waals surface area contributed by atoms with Gasteiger partial charge in [0.2, 0.25) is 5.99 Å². The van der Waals surface area contributed by atoms with Gasteiger partial charge in [-0.15, -0.1) is 0 Å². The van der Waals surface area contributed by atoms with Gasteiger partial charge in [0.25, 0.3) is 0 Å². The van der Waals surface area contributed by atoms with Gasteiger partial charge in [-0.1, -0.05) is 50.2 Å². The molecule has 0 spiro atoms. The summed E-state index contributed by atoms with van der Waals surface area (Å²) in [7, 11) is 1.42. The maximum atomic E-state index is 11.4.